The molecule has 3 rings (SSSR count). The Kier molecular flexibility index (Phi) is 13.5. The number of nitrogens with zero attached hydrogens (tertiary/aromatic N) is 4. The average molecular weight is 772 g/mol. The average Bonchev–Trinajstić information content (AvgIpc) is 2.92. The molecule has 0 unspecified atom stereocenters. The lowest BCUT2D eigenvalue weighted by Crippen LogP contribution is -2.36. The van der Waals surface area contributed by atoms with Gasteiger partial charge in [-0.15, -0.1) is 0 Å². The molecule has 0 spiro atoms. The lowest BCUT2D eigenvalue weighted by molar-refractivity contribution is 0.508. The van der Waals surface area contributed by atoms with Gasteiger partial charge in [0.1, 0.15) is 24.0 Å². The number of halogens is 5. The molecule has 0 aliphatic rings. The van der Waals surface area contributed by atoms with Gasteiger partial charge in [0, 0.05) is 12.1 Å². The van der Waals surface area contributed by atoms with Gasteiger partial charge in [0.15, 0.2) is 23.3 Å². The van der Waals surface area contributed by atoms with Crippen molar-refractivity contribution < 1.29 is 55.6 Å². The molecule has 3 aromatic rings. The van der Waals surface area contributed by atoms with E-state index >= 15 is 0 Å². The molecule has 0 saturated carbocycles. The first-order valence-corrected chi connectivity index (χ1v) is 19.6. The summed E-state index contributed by atoms with van der Waals surface area (Å²) in [5, 5.41) is 26.0. The van der Waals surface area contributed by atoms with Gasteiger partial charge in [-0.25, -0.2) is 55.6 Å². The standard InChI is InChI=1S/C9H8F2N2O4S2.C8H6F2N2O2S.C8H8FN3O2S/c1-18(14,15)13(19(2,16)17)9-4-8(11)7(10)3-6(9)5-12;1-15(13,14)12-8-3-7(10)6(9)2-5(8)4-11;1-15(13,14)12-8-3-7(11)6(9)2-5(8)4-10/h3-4H,1-2H3;2-3,12H,1H3;2-3,12H,11H2,1H3. The highest BCUT2D eigenvalue weighted by molar-refractivity contribution is 8.09. The molecule has 0 aliphatic carbocycles. The molecule has 0 saturated heterocycles. The minimum atomic E-state index is -4.33. The van der Waals surface area contributed by atoms with E-state index in [4.69, 9.17) is 21.5 Å². The second kappa shape index (κ2) is 15.8. The summed E-state index contributed by atoms with van der Waals surface area (Å²) in [7, 11) is -15.8. The number of anilines is 4. The summed E-state index contributed by atoms with van der Waals surface area (Å²) in [6.45, 7) is 0. The van der Waals surface area contributed by atoms with Gasteiger partial charge >= 0.3 is 0 Å². The Balaban J connectivity index is 0.000000371. The minimum Gasteiger partial charge on any atom is -0.396 e. The van der Waals surface area contributed by atoms with Crippen LogP contribution in [-0.4, -0.2) is 58.7 Å². The molecule has 0 bridgehead atoms. The van der Waals surface area contributed by atoms with Crippen molar-refractivity contribution in [3.63, 3.8) is 0 Å². The van der Waals surface area contributed by atoms with E-state index in [0.717, 1.165) is 24.6 Å². The first-order chi connectivity index (χ1) is 22.1. The van der Waals surface area contributed by atoms with Gasteiger partial charge in [-0.05, 0) is 24.3 Å². The highest BCUT2D eigenvalue weighted by Gasteiger charge is 2.30. The van der Waals surface area contributed by atoms with Crippen LogP contribution in [0, 0.1) is 63.1 Å². The van der Waals surface area contributed by atoms with Crippen LogP contribution in [0.4, 0.5) is 44.7 Å². The second-order valence-corrected chi connectivity index (χ2v) is 16.7. The summed E-state index contributed by atoms with van der Waals surface area (Å²) in [4.78, 5) is 0. The first kappa shape index (κ1) is 41.8. The molecular formula is C25H22F5N7O8S4. The number of nitrogens with two attached hydrogens (primary N) is 1. The summed E-state index contributed by atoms with van der Waals surface area (Å²) in [6, 6.07) is 8.59. The van der Waals surface area contributed by atoms with Gasteiger partial charge in [-0.1, -0.05) is 0 Å². The van der Waals surface area contributed by atoms with E-state index in [9.17, 15) is 55.6 Å². The van der Waals surface area contributed by atoms with E-state index in [1.807, 2.05) is 4.72 Å². The number of rotatable bonds is 7. The zero-order valence-electron chi connectivity index (χ0n) is 25.1. The van der Waals surface area contributed by atoms with Gasteiger partial charge in [0.25, 0.3) is 0 Å². The summed E-state index contributed by atoms with van der Waals surface area (Å²) < 4.78 is 158. The lowest BCUT2D eigenvalue weighted by Gasteiger charge is -2.20. The molecule has 0 fully saturated rings. The maximum Gasteiger partial charge on any atom is 0.245 e. The number of hydrogen-bond donors (Lipinski definition) is 3. The fourth-order valence-electron chi connectivity index (χ4n) is 3.27. The van der Waals surface area contributed by atoms with E-state index < -0.39 is 80.4 Å². The zero-order chi connectivity index (χ0) is 38.3. The van der Waals surface area contributed by atoms with Crippen LogP contribution in [0.25, 0.3) is 0 Å². The highest BCUT2D eigenvalue weighted by Crippen LogP contribution is 2.28. The molecule has 0 aliphatic heterocycles. The van der Waals surface area contributed by atoms with Crippen LogP contribution in [0.3, 0.4) is 0 Å². The van der Waals surface area contributed by atoms with E-state index in [1.165, 1.54) is 6.07 Å². The third-order valence-electron chi connectivity index (χ3n) is 4.99. The van der Waals surface area contributed by atoms with Crippen LogP contribution in [0.2, 0.25) is 0 Å². The monoisotopic (exact) mass is 771 g/mol. The molecular weight excluding hydrogens is 750 g/mol. The molecule has 4 N–H and O–H groups in total. The number of nitrogen functional groups attached to an aromatic ring is 1. The molecule has 15 nitrogen and oxygen atoms in total. The fourth-order valence-corrected chi connectivity index (χ4v) is 7.39. The maximum absolute atomic E-state index is 13.1. The van der Waals surface area contributed by atoms with E-state index in [-0.39, 0.29) is 31.9 Å². The number of nitrogens with one attached hydrogen (secondary N) is 2. The van der Waals surface area contributed by atoms with Gasteiger partial charge in [0.05, 0.1) is 64.5 Å². The summed E-state index contributed by atoms with van der Waals surface area (Å²) in [5.41, 5.74) is 2.94. The summed E-state index contributed by atoms with van der Waals surface area (Å²) in [5.74, 6) is -6.04. The van der Waals surface area contributed by atoms with E-state index in [1.54, 1.807) is 12.1 Å². The number of benzene rings is 3. The number of hydrogen-bond acceptors (Lipinski definition) is 12. The largest absolute Gasteiger partial charge is 0.396 e. The smallest absolute Gasteiger partial charge is 0.245 e. The summed E-state index contributed by atoms with van der Waals surface area (Å²) >= 11 is 0. The second-order valence-electron chi connectivity index (χ2n) is 9.32. The molecule has 49 heavy (non-hydrogen) atoms. The van der Waals surface area contributed by atoms with Crippen molar-refractivity contribution in [3.8, 4) is 18.2 Å². The number of sulfonamides is 4. The van der Waals surface area contributed by atoms with Gasteiger partial charge in [0.2, 0.25) is 40.1 Å². The molecule has 0 amide bonds. The third-order valence-corrected chi connectivity index (χ3v) is 9.39. The first-order valence-electron chi connectivity index (χ1n) is 12.1. The van der Waals surface area contributed by atoms with Crippen molar-refractivity contribution in [2.75, 3.05) is 43.9 Å². The van der Waals surface area contributed by atoms with Gasteiger partial charge in [-0.3, -0.25) is 9.44 Å². The zero-order valence-corrected chi connectivity index (χ0v) is 28.4. The fraction of sp³-hybridized carbons (Fsp3) is 0.160. The van der Waals surface area contributed by atoms with Crippen LogP contribution in [0.15, 0.2) is 36.4 Å². The predicted octanol–water partition coefficient (Wildman–Crippen LogP) is 2.42. The molecule has 3 aromatic carbocycles. The molecule has 0 atom stereocenters. The van der Waals surface area contributed by atoms with Crippen molar-refractivity contribution in [1.82, 2.24) is 0 Å². The SMILES string of the molecule is CS(=O)(=O)N(c1cc(F)c(F)cc1C#N)S(C)(=O)=O.CS(=O)(=O)Nc1cc(F)c(F)cc1C#N.CS(=O)(=O)Nc1cc(N)c(F)cc1C#N. The van der Waals surface area contributed by atoms with Crippen molar-refractivity contribution >= 4 is 62.8 Å². The Hall–Kier alpha value is -5.22. The van der Waals surface area contributed by atoms with E-state index in [0.29, 0.717) is 36.8 Å². The van der Waals surface area contributed by atoms with Crippen molar-refractivity contribution in [3.05, 3.63) is 82.2 Å². The molecule has 264 valence electrons. The highest BCUT2D eigenvalue weighted by atomic mass is 32.3. The predicted molar refractivity (Wildman–Crippen MR) is 167 cm³/mol. The van der Waals surface area contributed by atoms with Crippen LogP contribution in [-0.2, 0) is 40.1 Å². The Morgan fingerprint density at radius 1 is 0.551 bits per heavy atom. The summed E-state index contributed by atoms with van der Waals surface area (Å²) in [6.07, 6.45) is 2.90. The quantitative estimate of drug-likeness (QED) is 0.231. The topological polar surface area (TPSA) is 261 Å². The Labute approximate surface area is 277 Å². The minimum absolute atomic E-state index is 0.0288. The van der Waals surface area contributed by atoms with Crippen LogP contribution >= 0.6 is 0 Å². The van der Waals surface area contributed by atoms with Gasteiger partial charge < -0.3 is 5.73 Å². The maximum atomic E-state index is 13.1. The lowest BCUT2D eigenvalue weighted by atomic mass is 10.2. The van der Waals surface area contributed by atoms with Crippen LogP contribution in [0.5, 0.6) is 0 Å². The van der Waals surface area contributed by atoms with Crippen LogP contribution < -0.4 is 18.9 Å². The molecule has 0 radical (unpaired) electrons. The van der Waals surface area contributed by atoms with Crippen LogP contribution in [0.1, 0.15) is 16.7 Å². The molecule has 0 aromatic heterocycles. The van der Waals surface area contributed by atoms with Crippen molar-refractivity contribution in [2.45, 2.75) is 0 Å². The van der Waals surface area contributed by atoms with Gasteiger partial charge in [-0.2, -0.15) is 19.5 Å². The van der Waals surface area contributed by atoms with E-state index in [2.05, 4.69) is 4.72 Å². The Morgan fingerprint density at radius 2 is 0.878 bits per heavy atom. The normalized spacial score (nSPS) is 11.2. The Morgan fingerprint density at radius 3 is 1.24 bits per heavy atom. The molecule has 24 heteroatoms. The Bertz CT molecular complexity index is 2230. The van der Waals surface area contributed by atoms with Crippen molar-refractivity contribution in [2.24, 2.45) is 0 Å². The number of nitriles is 3. The molecule has 0 heterocycles. The van der Waals surface area contributed by atoms with Crippen molar-refractivity contribution in [1.29, 1.82) is 15.8 Å². The third kappa shape index (κ3) is 12.7.